The summed E-state index contributed by atoms with van der Waals surface area (Å²) in [5.41, 5.74) is 6.61. The van der Waals surface area contributed by atoms with Crippen molar-refractivity contribution in [3.05, 3.63) is 0 Å². The first kappa shape index (κ1) is 9.81. The molecule has 1 spiro atoms. The molecule has 0 amide bonds. The highest BCUT2D eigenvalue weighted by molar-refractivity contribution is 7.99. The van der Waals surface area contributed by atoms with Crippen LogP contribution in [-0.2, 0) is 0 Å². The van der Waals surface area contributed by atoms with Crippen LogP contribution in [0.25, 0.3) is 0 Å². The van der Waals surface area contributed by atoms with Gasteiger partial charge < -0.3 is 5.73 Å². The van der Waals surface area contributed by atoms with Gasteiger partial charge in [0.1, 0.15) is 0 Å². The van der Waals surface area contributed by atoms with Crippen molar-refractivity contribution in [2.75, 3.05) is 18.1 Å². The lowest BCUT2D eigenvalue weighted by molar-refractivity contribution is 0.114. The Hall–Kier alpha value is 0.270. The summed E-state index contributed by atoms with van der Waals surface area (Å²) < 4.78 is 0. The van der Waals surface area contributed by atoms with E-state index in [0.29, 0.717) is 17.6 Å². The van der Waals surface area contributed by atoms with Gasteiger partial charge in [0.15, 0.2) is 0 Å². The van der Waals surface area contributed by atoms with E-state index in [-0.39, 0.29) is 0 Å². The highest BCUT2D eigenvalue weighted by atomic mass is 32.2. The van der Waals surface area contributed by atoms with Crippen LogP contribution in [-0.4, -0.2) is 40.6 Å². The zero-order valence-corrected chi connectivity index (χ0v) is 9.44. The standard InChI is InChI=1S/C10H20N2S/c1-8(2)12-5-3-9(11)10(12)4-6-13-7-10/h8-9H,3-7,11H2,1-2H3. The maximum Gasteiger partial charge on any atom is 0.0461 e. The van der Waals surface area contributed by atoms with Crippen molar-refractivity contribution in [3.63, 3.8) is 0 Å². The molecule has 76 valence electrons. The molecule has 2 N–H and O–H groups in total. The van der Waals surface area contributed by atoms with Crippen LogP contribution >= 0.6 is 11.8 Å². The van der Waals surface area contributed by atoms with Crippen LogP contribution in [0.2, 0.25) is 0 Å². The Morgan fingerprint density at radius 3 is 2.85 bits per heavy atom. The minimum atomic E-state index is 0.360. The molecule has 3 heteroatoms. The Labute approximate surface area is 85.2 Å². The van der Waals surface area contributed by atoms with Gasteiger partial charge in [-0.25, -0.2) is 0 Å². The van der Waals surface area contributed by atoms with Gasteiger partial charge >= 0.3 is 0 Å². The third-order valence-corrected chi connectivity index (χ3v) is 4.79. The van der Waals surface area contributed by atoms with Gasteiger partial charge in [0.2, 0.25) is 0 Å². The van der Waals surface area contributed by atoms with Crippen molar-refractivity contribution in [1.29, 1.82) is 0 Å². The number of hydrogen-bond donors (Lipinski definition) is 1. The number of likely N-dealkylation sites (tertiary alicyclic amines) is 1. The van der Waals surface area contributed by atoms with Gasteiger partial charge in [-0.3, -0.25) is 4.90 Å². The summed E-state index contributed by atoms with van der Waals surface area (Å²) in [6.45, 7) is 5.80. The first-order valence-electron chi connectivity index (χ1n) is 5.27. The number of rotatable bonds is 1. The molecule has 2 rings (SSSR count). The van der Waals surface area contributed by atoms with Gasteiger partial charge in [0.05, 0.1) is 0 Å². The molecule has 2 nitrogen and oxygen atoms in total. The molecular formula is C10H20N2S. The molecule has 0 saturated carbocycles. The maximum absolute atomic E-state index is 6.25. The van der Waals surface area contributed by atoms with Crippen molar-refractivity contribution >= 4 is 11.8 Å². The molecule has 2 fully saturated rings. The summed E-state index contributed by atoms with van der Waals surface area (Å²) >= 11 is 2.07. The zero-order chi connectivity index (χ0) is 9.47. The van der Waals surface area contributed by atoms with E-state index in [4.69, 9.17) is 5.73 Å². The van der Waals surface area contributed by atoms with Crippen LogP contribution in [0.5, 0.6) is 0 Å². The largest absolute Gasteiger partial charge is 0.326 e. The topological polar surface area (TPSA) is 29.3 Å². The van der Waals surface area contributed by atoms with E-state index < -0.39 is 0 Å². The van der Waals surface area contributed by atoms with Crippen molar-refractivity contribution in [3.8, 4) is 0 Å². The Morgan fingerprint density at radius 2 is 2.31 bits per heavy atom. The van der Waals surface area contributed by atoms with Crippen LogP contribution in [0.15, 0.2) is 0 Å². The van der Waals surface area contributed by atoms with E-state index in [1.165, 1.54) is 30.9 Å². The minimum absolute atomic E-state index is 0.360. The summed E-state index contributed by atoms with van der Waals surface area (Å²) in [6, 6.07) is 1.08. The maximum atomic E-state index is 6.25. The minimum Gasteiger partial charge on any atom is -0.326 e. The number of thioether (sulfide) groups is 1. The van der Waals surface area contributed by atoms with E-state index in [9.17, 15) is 0 Å². The molecule has 0 aromatic heterocycles. The predicted molar refractivity (Wildman–Crippen MR) is 59.1 cm³/mol. The fraction of sp³-hybridized carbons (Fsp3) is 1.00. The smallest absolute Gasteiger partial charge is 0.0461 e. The SMILES string of the molecule is CC(C)N1CCC(N)C12CCSC2. The normalized spacial score (nSPS) is 41.1. The number of hydrogen-bond acceptors (Lipinski definition) is 3. The molecule has 0 aromatic rings. The number of nitrogens with zero attached hydrogens (tertiary/aromatic N) is 1. The third-order valence-electron chi connectivity index (χ3n) is 3.60. The van der Waals surface area contributed by atoms with Gasteiger partial charge in [-0.1, -0.05) is 0 Å². The summed E-state index contributed by atoms with van der Waals surface area (Å²) in [7, 11) is 0. The van der Waals surface area contributed by atoms with E-state index in [2.05, 4.69) is 30.5 Å². The lowest BCUT2D eigenvalue weighted by Crippen LogP contribution is -2.56. The average molecular weight is 200 g/mol. The second-order valence-corrected chi connectivity index (χ2v) is 5.69. The van der Waals surface area contributed by atoms with Crippen LogP contribution < -0.4 is 5.73 Å². The molecule has 0 bridgehead atoms. The monoisotopic (exact) mass is 200 g/mol. The van der Waals surface area contributed by atoms with Gasteiger partial charge in [-0.15, -0.1) is 0 Å². The highest BCUT2D eigenvalue weighted by Crippen LogP contribution is 2.41. The van der Waals surface area contributed by atoms with Crippen molar-refractivity contribution in [2.24, 2.45) is 5.73 Å². The molecule has 2 heterocycles. The summed E-state index contributed by atoms with van der Waals surface area (Å²) in [4.78, 5) is 2.64. The van der Waals surface area contributed by atoms with E-state index in [0.717, 1.165) is 0 Å². The lowest BCUT2D eigenvalue weighted by atomic mass is 9.90. The van der Waals surface area contributed by atoms with E-state index in [1.54, 1.807) is 0 Å². The molecule has 13 heavy (non-hydrogen) atoms. The summed E-state index contributed by atoms with van der Waals surface area (Å²) in [5, 5.41) is 0. The first-order chi connectivity index (χ1) is 6.17. The predicted octanol–water partition coefficient (Wildman–Crippen LogP) is 1.30. The summed E-state index contributed by atoms with van der Waals surface area (Å²) in [5.74, 6) is 2.56. The first-order valence-corrected chi connectivity index (χ1v) is 6.42. The zero-order valence-electron chi connectivity index (χ0n) is 8.62. The third kappa shape index (κ3) is 1.41. The Kier molecular flexibility index (Phi) is 2.60. The molecule has 2 unspecified atom stereocenters. The van der Waals surface area contributed by atoms with Crippen LogP contribution in [0.4, 0.5) is 0 Å². The fourth-order valence-electron chi connectivity index (χ4n) is 2.84. The van der Waals surface area contributed by atoms with Crippen LogP contribution in [0.3, 0.4) is 0 Å². The molecule has 2 atom stereocenters. The van der Waals surface area contributed by atoms with Crippen molar-refractivity contribution in [1.82, 2.24) is 4.90 Å². The number of nitrogens with two attached hydrogens (primary N) is 1. The van der Waals surface area contributed by atoms with E-state index >= 15 is 0 Å². The summed E-state index contributed by atoms with van der Waals surface area (Å²) in [6.07, 6.45) is 2.50. The molecule has 2 saturated heterocycles. The fourth-order valence-corrected chi connectivity index (χ4v) is 4.36. The molecular weight excluding hydrogens is 180 g/mol. The van der Waals surface area contributed by atoms with Crippen LogP contribution in [0, 0.1) is 0 Å². The van der Waals surface area contributed by atoms with Gasteiger partial charge in [-0.05, 0) is 32.4 Å². The lowest BCUT2D eigenvalue weighted by Gasteiger charge is -2.40. The van der Waals surface area contributed by atoms with Crippen molar-refractivity contribution in [2.45, 2.75) is 44.3 Å². The Morgan fingerprint density at radius 1 is 1.54 bits per heavy atom. The van der Waals surface area contributed by atoms with Crippen molar-refractivity contribution < 1.29 is 0 Å². The molecule has 2 aliphatic heterocycles. The van der Waals surface area contributed by atoms with Crippen LogP contribution in [0.1, 0.15) is 26.7 Å². The Balaban J connectivity index is 2.20. The Bertz CT molecular complexity index is 187. The average Bonchev–Trinajstić information content (AvgIpc) is 2.64. The second kappa shape index (κ2) is 3.44. The molecule has 0 radical (unpaired) electrons. The van der Waals surface area contributed by atoms with Gasteiger partial charge in [0, 0.05) is 29.9 Å². The quantitative estimate of drug-likeness (QED) is 0.692. The molecule has 0 aliphatic carbocycles. The second-order valence-electron chi connectivity index (χ2n) is 4.59. The van der Waals surface area contributed by atoms with Gasteiger partial charge in [0.25, 0.3) is 0 Å². The van der Waals surface area contributed by atoms with E-state index in [1.807, 2.05) is 0 Å². The molecule has 2 aliphatic rings. The molecule has 0 aromatic carbocycles. The highest BCUT2D eigenvalue weighted by Gasteiger charge is 2.49. The van der Waals surface area contributed by atoms with Gasteiger partial charge in [-0.2, -0.15) is 11.8 Å².